The van der Waals surface area contributed by atoms with Gasteiger partial charge in [0.15, 0.2) is 0 Å². The number of aryl methyl sites for hydroxylation is 1. The summed E-state index contributed by atoms with van der Waals surface area (Å²) in [7, 11) is 3.22. The van der Waals surface area contributed by atoms with Crippen molar-refractivity contribution >= 4 is 29.0 Å². The summed E-state index contributed by atoms with van der Waals surface area (Å²) in [5.41, 5.74) is 2.35. The molecule has 2 amide bonds. The molecule has 0 aromatic heterocycles. The standard InChI is InChI=1S/C18H21ClN2O3/c1-5-24-17-10-13(7-6-12(17)2)20-18(22)21(3)14-8-9-16(23-4)15(19)11-14/h6-11H,5H2,1-4H3,(H,20,22). The predicted octanol–water partition coefficient (Wildman–Crippen LogP) is 4.72. The monoisotopic (exact) mass is 348 g/mol. The lowest BCUT2D eigenvalue weighted by molar-refractivity contribution is 0.258. The van der Waals surface area contributed by atoms with Gasteiger partial charge < -0.3 is 14.8 Å². The van der Waals surface area contributed by atoms with E-state index in [-0.39, 0.29) is 6.03 Å². The highest BCUT2D eigenvalue weighted by atomic mass is 35.5. The highest BCUT2D eigenvalue weighted by Crippen LogP contribution is 2.29. The largest absolute Gasteiger partial charge is 0.495 e. The highest BCUT2D eigenvalue weighted by molar-refractivity contribution is 6.32. The Hall–Kier alpha value is -2.40. The number of ether oxygens (including phenoxy) is 2. The van der Waals surface area contributed by atoms with Gasteiger partial charge in [-0.25, -0.2) is 4.79 Å². The molecule has 0 aliphatic carbocycles. The Bertz CT molecular complexity index is 734. The van der Waals surface area contributed by atoms with E-state index in [1.807, 2.05) is 32.0 Å². The Labute approximate surface area is 147 Å². The molecule has 0 radical (unpaired) electrons. The Morgan fingerprint density at radius 1 is 1.21 bits per heavy atom. The van der Waals surface area contributed by atoms with Gasteiger partial charge in [0.05, 0.1) is 18.7 Å². The van der Waals surface area contributed by atoms with E-state index in [1.54, 1.807) is 32.4 Å². The molecule has 0 bridgehead atoms. The van der Waals surface area contributed by atoms with Gasteiger partial charge in [0.2, 0.25) is 0 Å². The Balaban J connectivity index is 2.14. The fraction of sp³-hybridized carbons (Fsp3) is 0.278. The number of amides is 2. The van der Waals surface area contributed by atoms with E-state index < -0.39 is 0 Å². The topological polar surface area (TPSA) is 50.8 Å². The van der Waals surface area contributed by atoms with E-state index >= 15 is 0 Å². The average Bonchev–Trinajstić information content (AvgIpc) is 2.57. The van der Waals surface area contributed by atoms with Crippen LogP contribution in [0.15, 0.2) is 36.4 Å². The molecular weight excluding hydrogens is 328 g/mol. The van der Waals surface area contributed by atoms with Crippen LogP contribution < -0.4 is 19.7 Å². The lowest BCUT2D eigenvalue weighted by atomic mass is 10.2. The van der Waals surface area contributed by atoms with Crippen LogP contribution in [0.3, 0.4) is 0 Å². The number of rotatable bonds is 5. The maximum Gasteiger partial charge on any atom is 0.326 e. The number of carbonyl (C=O) groups excluding carboxylic acids is 1. The molecule has 0 heterocycles. The molecule has 5 nitrogen and oxygen atoms in total. The first kappa shape index (κ1) is 17.9. The number of methoxy groups -OCH3 is 1. The summed E-state index contributed by atoms with van der Waals surface area (Å²) < 4.78 is 10.7. The molecule has 2 aromatic rings. The molecule has 0 saturated heterocycles. The predicted molar refractivity (Wildman–Crippen MR) is 97.8 cm³/mol. The Kier molecular flexibility index (Phi) is 5.93. The Morgan fingerprint density at radius 3 is 2.58 bits per heavy atom. The maximum absolute atomic E-state index is 12.4. The number of anilines is 2. The average molecular weight is 349 g/mol. The van der Waals surface area contributed by atoms with Crippen molar-refractivity contribution in [1.29, 1.82) is 0 Å². The van der Waals surface area contributed by atoms with Crippen LogP contribution in [0.25, 0.3) is 0 Å². The van der Waals surface area contributed by atoms with Crippen molar-refractivity contribution in [3.63, 3.8) is 0 Å². The normalized spacial score (nSPS) is 10.2. The van der Waals surface area contributed by atoms with Gasteiger partial charge in [-0.3, -0.25) is 4.90 Å². The molecule has 24 heavy (non-hydrogen) atoms. The zero-order valence-electron chi connectivity index (χ0n) is 14.2. The van der Waals surface area contributed by atoms with Gasteiger partial charge in [0, 0.05) is 24.5 Å². The van der Waals surface area contributed by atoms with E-state index in [9.17, 15) is 4.79 Å². The van der Waals surface area contributed by atoms with Crippen molar-refractivity contribution in [2.75, 3.05) is 31.0 Å². The summed E-state index contributed by atoms with van der Waals surface area (Å²) in [4.78, 5) is 13.9. The minimum absolute atomic E-state index is 0.275. The minimum Gasteiger partial charge on any atom is -0.495 e. The van der Waals surface area contributed by atoms with Crippen molar-refractivity contribution < 1.29 is 14.3 Å². The zero-order valence-corrected chi connectivity index (χ0v) is 15.0. The van der Waals surface area contributed by atoms with Gasteiger partial charge in [-0.1, -0.05) is 17.7 Å². The molecule has 128 valence electrons. The van der Waals surface area contributed by atoms with Crippen LogP contribution >= 0.6 is 11.6 Å². The summed E-state index contributed by atoms with van der Waals surface area (Å²) in [6.45, 7) is 4.45. The van der Waals surface area contributed by atoms with Crippen LogP contribution in [0.2, 0.25) is 5.02 Å². The molecule has 2 aromatic carbocycles. The highest BCUT2D eigenvalue weighted by Gasteiger charge is 2.13. The maximum atomic E-state index is 12.4. The molecule has 0 unspecified atom stereocenters. The number of hydrogen-bond donors (Lipinski definition) is 1. The quantitative estimate of drug-likeness (QED) is 0.850. The van der Waals surface area contributed by atoms with Gasteiger partial charge in [0.1, 0.15) is 11.5 Å². The molecule has 0 atom stereocenters. The first-order valence-corrected chi connectivity index (χ1v) is 7.95. The third kappa shape index (κ3) is 4.11. The summed E-state index contributed by atoms with van der Waals surface area (Å²) in [6.07, 6.45) is 0. The molecule has 6 heteroatoms. The number of halogens is 1. The molecule has 0 fully saturated rings. The summed E-state index contributed by atoms with van der Waals surface area (Å²) >= 11 is 6.11. The fourth-order valence-corrected chi connectivity index (χ4v) is 2.43. The van der Waals surface area contributed by atoms with Crippen molar-refractivity contribution in [2.45, 2.75) is 13.8 Å². The van der Waals surface area contributed by atoms with Crippen LogP contribution in [0.5, 0.6) is 11.5 Å². The van der Waals surface area contributed by atoms with E-state index in [0.717, 1.165) is 11.3 Å². The smallest absolute Gasteiger partial charge is 0.326 e. The van der Waals surface area contributed by atoms with Crippen LogP contribution in [0.4, 0.5) is 16.2 Å². The molecule has 0 aliphatic rings. The van der Waals surface area contributed by atoms with E-state index in [2.05, 4.69) is 5.32 Å². The summed E-state index contributed by atoms with van der Waals surface area (Å²) in [5, 5.41) is 3.29. The zero-order chi connectivity index (χ0) is 17.7. The number of benzene rings is 2. The minimum atomic E-state index is -0.275. The van der Waals surface area contributed by atoms with Crippen LogP contribution in [-0.4, -0.2) is 26.8 Å². The molecule has 0 aliphatic heterocycles. The van der Waals surface area contributed by atoms with Gasteiger partial charge in [-0.15, -0.1) is 0 Å². The molecule has 0 spiro atoms. The number of nitrogens with zero attached hydrogens (tertiary/aromatic N) is 1. The first-order chi connectivity index (χ1) is 11.5. The molecule has 1 N–H and O–H groups in total. The van der Waals surface area contributed by atoms with Crippen molar-refractivity contribution in [2.24, 2.45) is 0 Å². The molecule has 2 rings (SSSR count). The SMILES string of the molecule is CCOc1cc(NC(=O)N(C)c2ccc(OC)c(Cl)c2)ccc1C. The van der Waals surface area contributed by atoms with E-state index in [0.29, 0.717) is 28.8 Å². The molecule has 0 saturated carbocycles. The molecular formula is C18H21ClN2O3. The Morgan fingerprint density at radius 2 is 1.96 bits per heavy atom. The lowest BCUT2D eigenvalue weighted by Gasteiger charge is -2.19. The van der Waals surface area contributed by atoms with Crippen LogP contribution in [0.1, 0.15) is 12.5 Å². The number of urea groups is 1. The fourth-order valence-electron chi connectivity index (χ4n) is 2.18. The van der Waals surface area contributed by atoms with Crippen molar-refractivity contribution in [1.82, 2.24) is 0 Å². The van der Waals surface area contributed by atoms with Gasteiger partial charge in [0.25, 0.3) is 0 Å². The number of carbonyl (C=O) groups is 1. The van der Waals surface area contributed by atoms with Crippen LogP contribution in [-0.2, 0) is 0 Å². The second kappa shape index (κ2) is 7.93. The number of nitrogens with one attached hydrogen (secondary N) is 1. The van der Waals surface area contributed by atoms with Crippen molar-refractivity contribution in [3.05, 3.63) is 47.0 Å². The summed E-state index contributed by atoms with van der Waals surface area (Å²) in [6, 6.07) is 10.5. The van der Waals surface area contributed by atoms with E-state index in [1.165, 1.54) is 4.90 Å². The second-order valence-corrected chi connectivity index (χ2v) is 5.63. The third-order valence-electron chi connectivity index (χ3n) is 3.57. The second-order valence-electron chi connectivity index (χ2n) is 5.22. The summed E-state index contributed by atoms with van der Waals surface area (Å²) in [5.74, 6) is 1.32. The first-order valence-electron chi connectivity index (χ1n) is 7.58. The van der Waals surface area contributed by atoms with E-state index in [4.69, 9.17) is 21.1 Å². The van der Waals surface area contributed by atoms with Gasteiger partial charge in [-0.05, 0) is 43.7 Å². The van der Waals surface area contributed by atoms with Gasteiger partial charge in [-0.2, -0.15) is 0 Å². The third-order valence-corrected chi connectivity index (χ3v) is 3.86. The van der Waals surface area contributed by atoms with Crippen LogP contribution in [0, 0.1) is 6.92 Å². The lowest BCUT2D eigenvalue weighted by Crippen LogP contribution is -2.31. The number of hydrogen-bond acceptors (Lipinski definition) is 3. The van der Waals surface area contributed by atoms with Gasteiger partial charge >= 0.3 is 6.03 Å². The van der Waals surface area contributed by atoms with Crippen molar-refractivity contribution in [3.8, 4) is 11.5 Å².